The molecular formula is C15H21ClN2. The lowest BCUT2D eigenvalue weighted by atomic mass is 9.87. The Morgan fingerprint density at radius 1 is 1.44 bits per heavy atom. The number of halogens is 1. The fourth-order valence-electron chi connectivity index (χ4n) is 1.81. The van der Waals surface area contributed by atoms with Crippen LogP contribution in [0.25, 0.3) is 0 Å². The summed E-state index contributed by atoms with van der Waals surface area (Å²) in [6.07, 6.45) is 1.53. The summed E-state index contributed by atoms with van der Waals surface area (Å²) in [5.41, 5.74) is 1.33. The van der Waals surface area contributed by atoms with Crippen LogP contribution < -0.4 is 5.32 Å². The van der Waals surface area contributed by atoms with Gasteiger partial charge < -0.3 is 5.32 Å². The molecule has 0 aliphatic heterocycles. The molecule has 1 atom stereocenters. The van der Waals surface area contributed by atoms with E-state index in [1.807, 2.05) is 18.2 Å². The molecule has 1 rings (SSSR count). The average molecular weight is 265 g/mol. The summed E-state index contributed by atoms with van der Waals surface area (Å²) < 4.78 is 0. The van der Waals surface area contributed by atoms with Gasteiger partial charge in [-0.1, -0.05) is 37.6 Å². The SMILES string of the molecule is C[C@@H](NCC(C)(C)CCC#N)c1cccc(Cl)c1. The summed E-state index contributed by atoms with van der Waals surface area (Å²) >= 11 is 5.98. The van der Waals surface area contributed by atoms with Crippen molar-refractivity contribution in [3.8, 4) is 6.07 Å². The van der Waals surface area contributed by atoms with Crippen LogP contribution in [-0.2, 0) is 0 Å². The zero-order valence-corrected chi connectivity index (χ0v) is 12.1. The minimum absolute atomic E-state index is 0.141. The molecule has 1 N–H and O–H groups in total. The minimum atomic E-state index is 0.141. The molecule has 0 aliphatic rings. The molecule has 0 aliphatic carbocycles. The Morgan fingerprint density at radius 3 is 2.78 bits per heavy atom. The van der Waals surface area contributed by atoms with E-state index in [1.165, 1.54) is 5.56 Å². The van der Waals surface area contributed by atoms with Crippen LogP contribution in [0, 0.1) is 16.7 Å². The van der Waals surface area contributed by atoms with Gasteiger partial charge in [0.25, 0.3) is 0 Å². The van der Waals surface area contributed by atoms with Crippen molar-refractivity contribution in [2.75, 3.05) is 6.54 Å². The molecule has 2 nitrogen and oxygen atoms in total. The first-order valence-corrected chi connectivity index (χ1v) is 6.68. The van der Waals surface area contributed by atoms with Gasteiger partial charge in [0.1, 0.15) is 0 Å². The normalized spacial score (nSPS) is 13.1. The maximum absolute atomic E-state index is 8.63. The van der Waals surface area contributed by atoms with Gasteiger partial charge >= 0.3 is 0 Å². The number of hydrogen-bond donors (Lipinski definition) is 1. The summed E-state index contributed by atoms with van der Waals surface area (Å²) in [6.45, 7) is 7.39. The summed E-state index contributed by atoms with van der Waals surface area (Å²) in [5, 5.41) is 12.9. The van der Waals surface area contributed by atoms with Gasteiger partial charge in [-0.05, 0) is 36.5 Å². The van der Waals surface area contributed by atoms with Crippen LogP contribution in [0.1, 0.15) is 45.2 Å². The van der Waals surface area contributed by atoms with Gasteiger partial charge in [0.2, 0.25) is 0 Å². The highest BCUT2D eigenvalue weighted by Gasteiger charge is 2.18. The van der Waals surface area contributed by atoms with Crippen LogP contribution in [0.4, 0.5) is 0 Å². The lowest BCUT2D eigenvalue weighted by Gasteiger charge is -2.26. The molecule has 0 saturated carbocycles. The van der Waals surface area contributed by atoms with Crippen molar-refractivity contribution < 1.29 is 0 Å². The Kier molecular flexibility index (Phi) is 5.65. The van der Waals surface area contributed by atoms with Crippen molar-refractivity contribution in [2.24, 2.45) is 5.41 Å². The molecule has 0 amide bonds. The fourth-order valence-corrected chi connectivity index (χ4v) is 2.00. The molecule has 0 fully saturated rings. The third-order valence-corrected chi connectivity index (χ3v) is 3.38. The van der Waals surface area contributed by atoms with Crippen molar-refractivity contribution in [3.05, 3.63) is 34.9 Å². The molecule has 18 heavy (non-hydrogen) atoms. The molecule has 98 valence electrons. The van der Waals surface area contributed by atoms with Gasteiger partial charge in [0.15, 0.2) is 0 Å². The Bertz CT molecular complexity index is 421. The molecule has 1 aromatic carbocycles. The molecule has 0 unspecified atom stereocenters. The van der Waals surface area contributed by atoms with Crippen LogP contribution in [-0.4, -0.2) is 6.54 Å². The molecule has 1 aromatic rings. The highest BCUT2D eigenvalue weighted by molar-refractivity contribution is 6.30. The van der Waals surface area contributed by atoms with Crippen molar-refractivity contribution in [3.63, 3.8) is 0 Å². The van der Waals surface area contributed by atoms with E-state index in [0.717, 1.165) is 18.0 Å². The van der Waals surface area contributed by atoms with Gasteiger partial charge in [0, 0.05) is 24.0 Å². The second-order valence-corrected chi connectivity index (χ2v) is 5.92. The van der Waals surface area contributed by atoms with Crippen molar-refractivity contribution in [1.82, 2.24) is 5.32 Å². The number of nitriles is 1. The quantitative estimate of drug-likeness (QED) is 0.831. The number of nitrogens with one attached hydrogen (secondary N) is 1. The van der Waals surface area contributed by atoms with Crippen LogP contribution in [0.2, 0.25) is 5.02 Å². The lowest BCUT2D eigenvalue weighted by molar-refractivity contribution is 0.305. The van der Waals surface area contributed by atoms with Crippen LogP contribution in [0.15, 0.2) is 24.3 Å². The van der Waals surface area contributed by atoms with E-state index in [9.17, 15) is 0 Å². The molecule has 0 saturated heterocycles. The van der Waals surface area contributed by atoms with E-state index in [2.05, 4.69) is 38.2 Å². The van der Waals surface area contributed by atoms with E-state index in [0.29, 0.717) is 6.42 Å². The van der Waals surface area contributed by atoms with Gasteiger partial charge in [-0.2, -0.15) is 5.26 Å². The molecule has 0 radical (unpaired) electrons. The number of hydrogen-bond acceptors (Lipinski definition) is 2. The average Bonchev–Trinajstić information content (AvgIpc) is 2.34. The smallest absolute Gasteiger partial charge is 0.0621 e. The Balaban J connectivity index is 2.51. The van der Waals surface area contributed by atoms with E-state index in [-0.39, 0.29) is 11.5 Å². The van der Waals surface area contributed by atoms with Crippen molar-refractivity contribution in [2.45, 2.75) is 39.7 Å². The summed E-state index contributed by atoms with van der Waals surface area (Å²) in [5.74, 6) is 0. The zero-order valence-electron chi connectivity index (χ0n) is 11.3. The van der Waals surface area contributed by atoms with E-state index >= 15 is 0 Å². The monoisotopic (exact) mass is 264 g/mol. The van der Waals surface area contributed by atoms with Gasteiger partial charge in [-0.3, -0.25) is 0 Å². The molecule has 0 bridgehead atoms. The fraction of sp³-hybridized carbons (Fsp3) is 0.533. The zero-order chi connectivity index (χ0) is 13.6. The number of benzene rings is 1. The minimum Gasteiger partial charge on any atom is -0.310 e. The number of nitrogens with zero attached hydrogens (tertiary/aromatic N) is 1. The van der Waals surface area contributed by atoms with Crippen LogP contribution in [0.5, 0.6) is 0 Å². The molecular weight excluding hydrogens is 244 g/mol. The third-order valence-electron chi connectivity index (χ3n) is 3.15. The topological polar surface area (TPSA) is 35.8 Å². The van der Waals surface area contributed by atoms with Crippen LogP contribution >= 0.6 is 11.6 Å². The predicted molar refractivity (Wildman–Crippen MR) is 76.5 cm³/mol. The van der Waals surface area contributed by atoms with Gasteiger partial charge in [-0.15, -0.1) is 0 Å². The maximum atomic E-state index is 8.63. The number of rotatable bonds is 6. The predicted octanol–water partition coefficient (Wildman–Crippen LogP) is 4.32. The second kappa shape index (κ2) is 6.78. The summed E-state index contributed by atoms with van der Waals surface area (Å²) in [4.78, 5) is 0. The van der Waals surface area contributed by atoms with Gasteiger partial charge in [0.05, 0.1) is 6.07 Å². The highest BCUT2D eigenvalue weighted by atomic mass is 35.5. The first-order chi connectivity index (χ1) is 8.44. The standard InChI is InChI=1S/C15H21ClN2/c1-12(13-6-4-7-14(16)10-13)18-11-15(2,3)8-5-9-17/h4,6-7,10,12,18H,5,8,11H2,1-3H3/t12-/m1/s1. The largest absolute Gasteiger partial charge is 0.310 e. The van der Waals surface area contributed by atoms with E-state index in [1.54, 1.807) is 0 Å². The first kappa shape index (κ1) is 15.0. The third kappa shape index (κ3) is 5.08. The lowest BCUT2D eigenvalue weighted by Crippen LogP contribution is -2.31. The first-order valence-electron chi connectivity index (χ1n) is 6.30. The Hall–Kier alpha value is -1.04. The molecule has 0 spiro atoms. The molecule has 0 heterocycles. The van der Waals surface area contributed by atoms with Crippen LogP contribution in [0.3, 0.4) is 0 Å². The van der Waals surface area contributed by atoms with E-state index < -0.39 is 0 Å². The summed E-state index contributed by atoms with van der Waals surface area (Å²) in [7, 11) is 0. The molecule has 3 heteroatoms. The highest BCUT2D eigenvalue weighted by Crippen LogP contribution is 2.23. The molecule has 0 aromatic heterocycles. The second-order valence-electron chi connectivity index (χ2n) is 5.48. The Morgan fingerprint density at radius 2 is 2.17 bits per heavy atom. The maximum Gasteiger partial charge on any atom is 0.0621 e. The van der Waals surface area contributed by atoms with Crippen molar-refractivity contribution >= 4 is 11.6 Å². The van der Waals surface area contributed by atoms with E-state index in [4.69, 9.17) is 16.9 Å². The summed E-state index contributed by atoms with van der Waals surface area (Å²) in [6, 6.07) is 10.4. The Labute approximate surface area is 115 Å². The van der Waals surface area contributed by atoms with Crippen molar-refractivity contribution in [1.29, 1.82) is 5.26 Å². The van der Waals surface area contributed by atoms with Gasteiger partial charge in [-0.25, -0.2) is 0 Å².